The zero-order chi connectivity index (χ0) is 13.8. The van der Waals surface area contributed by atoms with Crippen LogP contribution in [0.2, 0.25) is 0 Å². The SMILES string of the molecule is Cc1cc(C(N)=S)nc(NCCc2ccn(C)n2)n1. The molecule has 2 rings (SSSR count). The largest absolute Gasteiger partial charge is 0.388 e. The number of nitrogens with two attached hydrogens (primary N) is 1. The predicted octanol–water partition coefficient (Wildman–Crippen LogP) is 0.807. The number of aryl methyl sites for hydroxylation is 2. The maximum atomic E-state index is 5.57. The molecule has 0 aliphatic carbocycles. The number of aromatic nitrogens is 4. The lowest BCUT2D eigenvalue weighted by Crippen LogP contribution is -2.15. The van der Waals surface area contributed by atoms with E-state index in [2.05, 4.69) is 20.4 Å². The normalized spacial score (nSPS) is 10.4. The van der Waals surface area contributed by atoms with E-state index in [1.54, 1.807) is 10.7 Å². The van der Waals surface area contributed by atoms with Crippen molar-refractivity contribution in [3.05, 3.63) is 35.4 Å². The lowest BCUT2D eigenvalue weighted by atomic mass is 10.3. The lowest BCUT2D eigenvalue weighted by molar-refractivity contribution is 0.741. The van der Waals surface area contributed by atoms with E-state index < -0.39 is 0 Å². The lowest BCUT2D eigenvalue weighted by Gasteiger charge is -2.06. The second-order valence-electron chi connectivity index (χ2n) is 4.24. The average Bonchev–Trinajstić information content (AvgIpc) is 2.74. The van der Waals surface area contributed by atoms with E-state index in [0.29, 0.717) is 18.2 Å². The first-order valence-electron chi connectivity index (χ1n) is 5.92. The molecule has 0 atom stereocenters. The first-order valence-corrected chi connectivity index (χ1v) is 6.33. The molecule has 0 saturated heterocycles. The van der Waals surface area contributed by atoms with Crippen molar-refractivity contribution in [2.75, 3.05) is 11.9 Å². The smallest absolute Gasteiger partial charge is 0.223 e. The maximum absolute atomic E-state index is 5.57. The summed E-state index contributed by atoms with van der Waals surface area (Å²) in [7, 11) is 1.90. The fraction of sp³-hybridized carbons (Fsp3) is 0.333. The van der Waals surface area contributed by atoms with Gasteiger partial charge in [0.25, 0.3) is 0 Å². The van der Waals surface area contributed by atoms with Crippen molar-refractivity contribution >= 4 is 23.2 Å². The summed E-state index contributed by atoms with van der Waals surface area (Å²) in [5.74, 6) is 0.540. The van der Waals surface area contributed by atoms with Gasteiger partial charge in [0.2, 0.25) is 5.95 Å². The molecule has 0 aromatic carbocycles. The summed E-state index contributed by atoms with van der Waals surface area (Å²) >= 11 is 4.92. The molecule has 0 aliphatic heterocycles. The molecule has 2 heterocycles. The van der Waals surface area contributed by atoms with Crippen molar-refractivity contribution < 1.29 is 0 Å². The van der Waals surface area contributed by atoms with Gasteiger partial charge in [0, 0.05) is 31.9 Å². The molecule has 19 heavy (non-hydrogen) atoms. The van der Waals surface area contributed by atoms with Gasteiger partial charge in [-0.05, 0) is 19.1 Å². The molecule has 0 saturated carbocycles. The number of hydrogen-bond acceptors (Lipinski definition) is 5. The van der Waals surface area contributed by atoms with Crippen LogP contribution in [0.25, 0.3) is 0 Å². The molecule has 0 fully saturated rings. The Kier molecular flexibility index (Phi) is 4.06. The van der Waals surface area contributed by atoms with Crippen LogP contribution >= 0.6 is 12.2 Å². The number of hydrogen-bond donors (Lipinski definition) is 2. The van der Waals surface area contributed by atoms with Crippen LogP contribution in [-0.2, 0) is 13.5 Å². The molecule has 6 nitrogen and oxygen atoms in total. The van der Waals surface area contributed by atoms with Crippen LogP contribution in [0.4, 0.5) is 5.95 Å². The molecule has 2 aromatic rings. The minimum absolute atomic E-state index is 0.276. The maximum Gasteiger partial charge on any atom is 0.223 e. The highest BCUT2D eigenvalue weighted by molar-refractivity contribution is 7.80. The number of thiocarbonyl (C=S) groups is 1. The summed E-state index contributed by atoms with van der Waals surface area (Å²) in [5.41, 5.74) is 8.02. The van der Waals surface area contributed by atoms with Gasteiger partial charge in [-0.15, -0.1) is 0 Å². The van der Waals surface area contributed by atoms with E-state index in [0.717, 1.165) is 17.8 Å². The van der Waals surface area contributed by atoms with Gasteiger partial charge in [-0.25, -0.2) is 9.97 Å². The Labute approximate surface area is 117 Å². The monoisotopic (exact) mass is 276 g/mol. The number of anilines is 1. The van der Waals surface area contributed by atoms with Gasteiger partial charge < -0.3 is 11.1 Å². The number of nitrogens with zero attached hydrogens (tertiary/aromatic N) is 4. The molecule has 0 aliphatic rings. The first-order chi connectivity index (χ1) is 9.04. The van der Waals surface area contributed by atoms with Crippen LogP contribution in [0.3, 0.4) is 0 Å². The molecular weight excluding hydrogens is 260 g/mol. The van der Waals surface area contributed by atoms with Gasteiger partial charge in [-0.2, -0.15) is 5.10 Å². The van der Waals surface area contributed by atoms with Crippen LogP contribution in [0.1, 0.15) is 17.1 Å². The zero-order valence-corrected chi connectivity index (χ0v) is 11.7. The molecule has 7 heteroatoms. The molecule has 100 valence electrons. The van der Waals surface area contributed by atoms with E-state index in [-0.39, 0.29) is 4.99 Å². The molecule has 0 amide bonds. The second kappa shape index (κ2) is 5.75. The van der Waals surface area contributed by atoms with E-state index in [1.807, 2.05) is 26.2 Å². The highest BCUT2D eigenvalue weighted by atomic mass is 32.1. The van der Waals surface area contributed by atoms with Gasteiger partial charge in [0.1, 0.15) is 10.7 Å². The minimum Gasteiger partial charge on any atom is -0.388 e. The fourth-order valence-corrected chi connectivity index (χ4v) is 1.78. The van der Waals surface area contributed by atoms with Crippen LogP contribution < -0.4 is 11.1 Å². The van der Waals surface area contributed by atoms with Gasteiger partial charge >= 0.3 is 0 Å². The summed E-state index contributed by atoms with van der Waals surface area (Å²) < 4.78 is 1.78. The van der Waals surface area contributed by atoms with E-state index in [1.165, 1.54) is 0 Å². The summed E-state index contributed by atoms with van der Waals surface area (Å²) in [6.07, 6.45) is 2.73. The Morgan fingerprint density at radius 3 is 2.89 bits per heavy atom. The van der Waals surface area contributed by atoms with E-state index in [4.69, 9.17) is 18.0 Å². The Morgan fingerprint density at radius 2 is 2.26 bits per heavy atom. The summed E-state index contributed by atoms with van der Waals surface area (Å²) in [5, 5.41) is 7.45. The van der Waals surface area contributed by atoms with Crippen molar-refractivity contribution in [2.45, 2.75) is 13.3 Å². The standard InChI is InChI=1S/C12H16N6S/c1-8-7-10(11(13)19)16-12(15-8)14-5-3-9-4-6-18(2)17-9/h4,6-7H,3,5H2,1-2H3,(H2,13,19)(H,14,15,16). The second-order valence-corrected chi connectivity index (χ2v) is 4.68. The quantitative estimate of drug-likeness (QED) is 0.786. The van der Waals surface area contributed by atoms with Gasteiger partial charge in [-0.3, -0.25) is 4.68 Å². The third-order valence-corrected chi connectivity index (χ3v) is 2.75. The zero-order valence-electron chi connectivity index (χ0n) is 10.9. The van der Waals surface area contributed by atoms with Crippen molar-refractivity contribution in [2.24, 2.45) is 12.8 Å². The third-order valence-electron chi connectivity index (χ3n) is 2.54. The van der Waals surface area contributed by atoms with Crippen LogP contribution in [-0.4, -0.2) is 31.3 Å². The molecule has 0 spiro atoms. The summed E-state index contributed by atoms with van der Waals surface area (Å²) in [6, 6.07) is 3.76. The molecular formula is C12H16N6S. The molecule has 0 bridgehead atoms. The first kappa shape index (κ1) is 13.4. The number of nitrogens with one attached hydrogen (secondary N) is 1. The van der Waals surface area contributed by atoms with Gasteiger partial charge in [0.05, 0.1) is 5.69 Å². The highest BCUT2D eigenvalue weighted by Crippen LogP contribution is 2.05. The van der Waals surface area contributed by atoms with Crippen LogP contribution in [0.15, 0.2) is 18.3 Å². The number of rotatable bonds is 5. The van der Waals surface area contributed by atoms with E-state index >= 15 is 0 Å². The predicted molar refractivity (Wildman–Crippen MR) is 78.1 cm³/mol. The van der Waals surface area contributed by atoms with Gasteiger partial charge in [0.15, 0.2) is 0 Å². The molecule has 3 N–H and O–H groups in total. The Bertz CT molecular complexity index is 592. The summed E-state index contributed by atoms with van der Waals surface area (Å²) in [4.78, 5) is 8.82. The minimum atomic E-state index is 0.276. The van der Waals surface area contributed by atoms with Crippen molar-refractivity contribution in [1.29, 1.82) is 0 Å². The Balaban J connectivity index is 1.97. The fourth-order valence-electron chi connectivity index (χ4n) is 1.67. The van der Waals surface area contributed by atoms with Crippen molar-refractivity contribution in [1.82, 2.24) is 19.7 Å². The molecule has 2 aromatic heterocycles. The van der Waals surface area contributed by atoms with E-state index in [9.17, 15) is 0 Å². The van der Waals surface area contributed by atoms with Crippen LogP contribution in [0, 0.1) is 6.92 Å². The van der Waals surface area contributed by atoms with Crippen molar-refractivity contribution in [3.8, 4) is 0 Å². The Hall–Kier alpha value is -2.02. The summed E-state index contributed by atoms with van der Waals surface area (Å²) in [6.45, 7) is 2.59. The molecule has 0 unspecified atom stereocenters. The van der Waals surface area contributed by atoms with Crippen LogP contribution in [0.5, 0.6) is 0 Å². The molecule has 0 radical (unpaired) electrons. The highest BCUT2D eigenvalue weighted by Gasteiger charge is 2.04. The van der Waals surface area contributed by atoms with Crippen molar-refractivity contribution in [3.63, 3.8) is 0 Å². The average molecular weight is 276 g/mol. The third kappa shape index (κ3) is 3.72. The van der Waals surface area contributed by atoms with Gasteiger partial charge in [-0.1, -0.05) is 12.2 Å². The Morgan fingerprint density at radius 1 is 1.47 bits per heavy atom. The topological polar surface area (TPSA) is 81.6 Å².